The molecule has 1 aliphatic rings. The van der Waals surface area contributed by atoms with E-state index in [1.165, 1.54) is 0 Å². The number of aromatic nitrogens is 1. The lowest BCUT2D eigenvalue weighted by atomic mass is 9.95. The molecule has 1 aliphatic heterocycles. The fourth-order valence-electron chi connectivity index (χ4n) is 3.10. The van der Waals surface area contributed by atoms with Crippen LogP contribution in [0.4, 0.5) is 0 Å². The molecule has 5 heteroatoms. The van der Waals surface area contributed by atoms with E-state index < -0.39 is 5.60 Å². The average Bonchev–Trinajstić information content (AvgIpc) is 3.09. The third-order valence-electron chi connectivity index (χ3n) is 4.59. The molecular weight excluding hydrogens is 316 g/mol. The number of nitrogens with zero attached hydrogens (tertiary/aromatic N) is 2. The van der Waals surface area contributed by atoms with Crippen LogP contribution >= 0.6 is 0 Å². The highest BCUT2D eigenvalue weighted by molar-refractivity contribution is 5.84. The highest BCUT2D eigenvalue weighted by atomic mass is 16.5. The minimum atomic E-state index is -1.36. The van der Waals surface area contributed by atoms with E-state index in [2.05, 4.69) is 4.98 Å². The van der Waals surface area contributed by atoms with Gasteiger partial charge >= 0.3 is 0 Å². The van der Waals surface area contributed by atoms with Gasteiger partial charge in [0.05, 0.1) is 6.54 Å². The molecular formula is C20H24N2O3. The molecule has 0 aliphatic carbocycles. The quantitative estimate of drug-likeness (QED) is 0.877. The van der Waals surface area contributed by atoms with E-state index in [4.69, 9.17) is 4.74 Å². The number of hydrogen-bond acceptors (Lipinski definition) is 4. The summed E-state index contributed by atoms with van der Waals surface area (Å²) in [6.07, 6.45) is 5.16. The topological polar surface area (TPSA) is 62.7 Å². The van der Waals surface area contributed by atoms with Crippen LogP contribution in [0.1, 0.15) is 25.3 Å². The van der Waals surface area contributed by atoms with Crippen molar-refractivity contribution < 1.29 is 14.6 Å². The number of benzene rings is 1. The van der Waals surface area contributed by atoms with Gasteiger partial charge in [-0.3, -0.25) is 9.78 Å². The lowest BCUT2D eigenvalue weighted by molar-refractivity contribution is -0.149. The first-order chi connectivity index (χ1) is 12.0. The zero-order valence-electron chi connectivity index (χ0n) is 14.5. The Labute approximate surface area is 148 Å². The van der Waals surface area contributed by atoms with E-state index in [1.54, 1.807) is 36.4 Å². The number of aliphatic hydroxyl groups is 1. The molecule has 1 aromatic carbocycles. The van der Waals surface area contributed by atoms with Crippen LogP contribution in [-0.2, 0) is 11.2 Å². The smallest absolute Gasteiger partial charge is 0.254 e. The Morgan fingerprint density at radius 1 is 1.28 bits per heavy atom. The first kappa shape index (κ1) is 17.4. The van der Waals surface area contributed by atoms with Crippen LogP contribution < -0.4 is 4.74 Å². The molecule has 2 heterocycles. The highest BCUT2D eigenvalue weighted by Gasteiger charge is 2.38. The average molecular weight is 340 g/mol. The molecule has 0 saturated carbocycles. The fourth-order valence-corrected chi connectivity index (χ4v) is 3.10. The second-order valence-corrected chi connectivity index (χ2v) is 6.72. The lowest BCUT2D eigenvalue weighted by Crippen LogP contribution is -2.47. The predicted octanol–water partition coefficient (Wildman–Crippen LogP) is 2.45. The minimum absolute atomic E-state index is 0.0451. The summed E-state index contributed by atoms with van der Waals surface area (Å²) in [5, 5.41) is 10.6. The van der Waals surface area contributed by atoms with Crippen molar-refractivity contribution >= 4 is 5.91 Å². The summed E-state index contributed by atoms with van der Waals surface area (Å²) in [4.78, 5) is 18.4. The molecule has 1 saturated heterocycles. The van der Waals surface area contributed by atoms with Crippen LogP contribution in [0.2, 0.25) is 0 Å². The Hall–Kier alpha value is -2.40. The minimum Gasteiger partial charge on any atom is -0.488 e. The molecule has 132 valence electrons. The Bertz CT molecular complexity index is 689. The van der Waals surface area contributed by atoms with Gasteiger partial charge in [-0.15, -0.1) is 0 Å². The van der Waals surface area contributed by atoms with Gasteiger partial charge in [0.2, 0.25) is 0 Å². The van der Waals surface area contributed by atoms with Crippen molar-refractivity contribution in [2.45, 2.75) is 37.9 Å². The molecule has 3 rings (SSSR count). The van der Waals surface area contributed by atoms with E-state index >= 15 is 0 Å². The molecule has 1 N–H and O–H groups in total. The molecule has 0 radical (unpaired) electrons. The molecule has 5 nitrogen and oxygen atoms in total. The largest absolute Gasteiger partial charge is 0.488 e. The van der Waals surface area contributed by atoms with Gasteiger partial charge in [0.25, 0.3) is 5.91 Å². The van der Waals surface area contributed by atoms with Crippen molar-refractivity contribution in [3.63, 3.8) is 0 Å². The van der Waals surface area contributed by atoms with Gasteiger partial charge < -0.3 is 14.7 Å². The van der Waals surface area contributed by atoms with E-state index in [0.717, 1.165) is 17.7 Å². The van der Waals surface area contributed by atoms with E-state index in [9.17, 15) is 9.90 Å². The maximum absolute atomic E-state index is 12.7. The van der Waals surface area contributed by atoms with Gasteiger partial charge in [0.1, 0.15) is 17.5 Å². The Morgan fingerprint density at radius 3 is 2.72 bits per heavy atom. The molecule has 2 unspecified atom stereocenters. The van der Waals surface area contributed by atoms with Crippen molar-refractivity contribution in [3.8, 4) is 5.75 Å². The van der Waals surface area contributed by atoms with Crippen LogP contribution in [0.25, 0.3) is 0 Å². The van der Waals surface area contributed by atoms with E-state index in [-0.39, 0.29) is 12.0 Å². The number of ether oxygens (including phenoxy) is 1. The molecule has 25 heavy (non-hydrogen) atoms. The van der Waals surface area contributed by atoms with Gasteiger partial charge in [-0.05, 0) is 37.5 Å². The Morgan fingerprint density at radius 2 is 2.00 bits per heavy atom. The van der Waals surface area contributed by atoms with Crippen LogP contribution in [0.15, 0.2) is 54.9 Å². The normalized spacial score (nSPS) is 19.4. The van der Waals surface area contributed by atoms with Crippen molar-refractivity contribution in [3.05, 3.63) is 60.4 Å². The molecule has 2 aromatic rings. The summed E-state index contributed by atoms with van der Waals surface area (Å²) in [7, 11) is 0. The number of carbonyl (C=O) groups is 1. The van der Waals surface area contributed by atoms with Crippen LogP contribution in [0.3, 0.4) is 0 Å². The van der Waals surface area contributed by atoms with Crippen molar-refractivity contribution in [2.24, 2.45) is 0 Å². The zero-order valence-corrected chi connectivity index (χ0v) is 14.5. The monoisotopic (exact) mass is 340 g/mol. The number of carbonyl (C=O) groups excluding carboxylic acids is 1. The van der Waals surface area contributed by atoms with Gasteiger partial charge in [-0.25, -0.2) is 0 Å². The third kappa shape index (κ3) is 4.57. The van der Waals surface area contributed by atoms with Gasteiger partial charge in [-0.1, -0.05) is 30.3 Å². The third-order valence-corrected chi connectivity index (χ3v) is 4.59. The van der Waals surface area contributed by atoms with Gasteiger partial charge in [-0.2, -0.15) is 0 Å². The van der Waals surface area contributed by atoms with Crippen molar-refractivity contribution in [2.75, 3.05) is 13.1 Å². The number of pyridine rings is 1. The van der Waals surface area contributed by atoms with Crippen LogP contribution in [-0.4, -0.2) is 45.7 Å². The van der Waals surface area contributed by atoms with Crippen molar-refractivity contribution in [1.82, 2.24) is 9.88 Å². The molecule has 1 fully saturated rings. The Kier molecular flexibility index (Phi) is 5.34. The molecule has 0 bridgehead atoms. The van der Waals surface area contributed by atoms with E-state index in [0.29, 0.717) is 25.9 Å². The Balaban J connectivity index is 1.53. The zero-order chi connectivity index (χ0) is 17.7. The summed E-state index contributed by atoms with van der Waals surface area (Å²) < 4.78 is 5.88. The number of rotatable bonds is 6. The summed E-state index contributed by atoms with van der Waals surface area (Å²) in [5.41, 5.74) is -0.239. The molecule has 0 spiro atoms. The first-order valence-corrected chi connectivity index (χ1v) is 8.67. The van der Waals surface area contributed by atoms with Crippen LogP contribution in [0, 0.1) is 0 Å². The number of amides is 1. The van der Waals surface area contributed by atoms with Crippen molar-refractivity contribution in [1.29, 1.82) is 0 Å². The maximum atomic E-state index is 12.7. The first-order valence-electron chi connectivity index (χ1n) is 8.67. The number of aryl methyl sites for hydroxylation is 1. The highest BCUT2D eigenvalue weighted by Crippen LogP contribution is 2.23. The lowest BCUT2D eigenvalue weighted by Gasteiger charge is -2.28. The number of likely N-dealkylation sites (tertiary alicyclic amines) is 1. The van der Waals surface area contributed by atoms with E-state index in [1.807, 2.05) is 30.3 Å². The SMILES string of the molecule is CC(O)(CCc1ccccc1)C(=O)N1CCC(Oc2ccncc2)C1. The van der Waals surface area contributed by atoms with Crippen LogP contribution in [0.5, 0.6) is 5.75 Å². The maximum Gasteiger partial charge on any atom is 0.254 e. The fraction of sp³-hybridized carbons (Fsp3) is 0.400. The summed E-state index contributed by atoms with van der Waals surface area (Å²) in [6, 6.07) is 13.5. The van der Waals surface area contributed by atoms with Gasteiger partial charge in [0, 0.05) is 25.4 Å². The number of hydrogen-bond donors (Lipinski definition) is 1. The second kappa shape index (κ2) is 7.66. The van der Waals surface area contributed by atoms with Gasteiger partial charge in [0.15, 0.2) is 0 Å². The molecule has 2 atom stereocenters. The second-order valence-electron chi connectivity index (χ2n) is 6.72. The molecule has 1 aromatic heterocycles. The summed E-state index contributed by atoms with van der Waals surface area (Å²) in [5.74, 6) is 0.536. The summed E-state index contributed by atoms with van der Waals surface area (Å²) >= 11 is 0. The standard InChI is InChI=1S/C20H24N2O3/c1-20(24,11-7-16-5-3-2-4-6-16)19(23)22-14-10-18(15-22)25-17-8-12-21-13-9-17/h2-6,8-9,12-13,18,24H,7,10-11,14-15H2,1H3. The molecule has 1 amide bonds. The predicted molar refractivity (Wildman–Crippen MR) is 95.2 cm³/mol. The summed E-state index contributed by atoms with van der Waals surface area (Å²) in [6.45, 7) is 2.72.